The van der Waals surface area contributed by atoms with Gasteiger partial charge in [-0.1, -0.05) is 23.7 Å². The van der Waals surface area contributed by atoms with E-state index in [1.54, 1.807) is 6.07 Å². The normalized spacial score (nSPS) is 15.7. The van der Waals surface area contributed by atoms with E-state index < -0.39 is 0 Å². The third-order valence-electron chi connectivity index (χ3n) is 3.60. The van der Waals surface area contributed by atoms with Crippen LogP contribution in [0.5, 0.6) is 0 Å². The zero-order valence-electron chi connectivity index (χ0n) is 11.3. The molecule has 1 fully saturated rings. The highest BCUT2D eigenvalue weighted by Gasteiger charge is 2.24. The number of aryl methyl sites for hydroxylation is 1. The van der Waals surface area contributed by atoms with Crippen molar-refractivity contribution >= 4 is 29.9 Å². The molecule has 0 unspecified atom stereocenters. The van der Waals surface area contributed by atoms with Crippen LogP contribution in [0.3, 0.4) is 0 Å². The monoisotopic (exact) mass is 302 g/mol. The summed E-state index contributed by atoms with van der Waals surface area (Å²) in [6.45, 7) is 3.87. The van der Waals surface area contributed by atoms with Crippen molar-refractivity contribution in [2.24, 2.45) is 0 Å². The van der Waals surface area contributed by atoms with Gasteiger partial charge in [-0.05, 0) is 44.5 Å². The van der Waals surface area contributed by atoms with Crippen LogP contribution in [0.1, 0.15) is 28.8 Å². The number of carbonyl (C=O) groups is 1. The third-order valence-corrected chi connectivity index (χ3v) is 4.10. The number of halogens is 2. The second-order valence-corrected chi connectivity index (χ2v) is 5.21. The fourth-order valence-corrected chi connectivity index (χ4v) is 2.57. The summed E-state index contributed by atoms with van der Waals surface area (Å²) in [5.74, 6) is 0.0237. The maximum atomic E-state index is 12.4. The number of nitrogens with zero attached hydrogens (tertiary/aromatic N) is 1. The second kappa shape index (κ2) is 7.13. The number of nitrogens with one attached hydrogen (secondary N) is 1. The molecule has 0 bridgehead atoms. The quantitative estimate of drug-likeness (QED) is 0.911. The van der Waals surface area contributed by atoms with Gasteiger partial charge in [0.1, 0.15) is 0 Å². The van der Waals surface area contributed by atoms with Gasteiger partial charge >= 0.3 is 0 Å². The van der Waals surface area contributed by atoms with E-state index in [0.717, 1.165) is 31.5 Å². The molecule has 1 aliphatic rings. The molecule has 0 spiro atoms. The van der Waals surface area contributed by atoms with E-state index in [0.29, 0.717) is 16.6 Å². The van der Waals surface area contributed by atoms with Crippen molar-refractivity contribution in [3.63, 3.8) is 0 Å². The Hall–Kier alpha value is -0.770. The number of amides is 1. The SMILES string of the molecule is Cc1cccc(C(=O)N(C)C2CCNCC2)c1Cl.Cl. The minimum absolute atomic E-state index is 0. The van der Waals surface area contributed by atoms with Gasteiger partial charge < -0.3 is 10.2 Å². The van der Waals surface area contributed by atoms with Gasteiger partial charge in [0.2, 0.25) is 0 Å². The highest BCUT2D eigenvalue weighted by Crippen LogP contribution is 2.23. The first kappa shape index (κ1) is 16.3. The van der Waals surface area contributed by atoms with Crippen molar-refractivity contribution in [1.82, 2.24) is 10.2 Å². The number of hydrogen-bond donors (Lipinski definition) is 1. The van der Waals surface area contributed by atoms with E-state index in [1.165, 1.54) is 0 Å². The van der Waals surface area contributed by atoms with Gasteiger partial charge in [0, 0.05) is 13.1 Å². The number of hydrogen-bond acceptors (Lipinski definition) is 2. The lowest BCUT2D eigenvalue weighted by Crippen LogP contribution is -2.44. The average molecular weight is 303 g/mol. The maximum Gasteiger partial charge on any atom is 0.255 e. The molecule has 106 valence electrons. The Morgan fingerprint density at radius 1 is 1.37 bits per heavy atom. The summed E-state index contributed by atoms with van der Waals surface area (Å²) in [5, 5.41) is 3.88. The van der Waals surface area contributed by atoms with Gasteiger partial charge in [-0.2, -0.15) is 0 Å². The van der Waals surface area contributed by atoms with Crippen LogP contribution in [0.25, 0.3) is 0 Å². The number of rotatable bonds is 2. The van der Waals surface area contributed by atoms with Crippen molar-refractivity contribution < 1.29 is 4.79 Å². The molecule has 19 heavy (non-hydrogen) atoms. The minimum atomic E-state index is 0. The Morgan fingerprint density at radius 3 is 2.63 bits per heavy atom. The summed E-state index contributed by atoms with van der Waals surface area (Å²) >= 11 is 6.21. The zero-order valence-corrected chi connectivity index (χ0v) is 12.9. The van der Waals surface area contributed by atoms with Gasteiger partial charge in [-0.15, -0.1) is 12.4 Å². The van der Waals surface area contributed by atoms with Crippen LogP contribution in [0.4, 0.5) is 0 Å². The van der Waals surface area contributed by atoms with Gasteiger partial charge in [0.15, 0.2) is 0 Å². The van der Waals surface area contributed by atoms with Crippen molar-refractivity contribution in [1.29, 1.82) is 0 Å². The molecule has 0 atom stereocenters. The van der Waals surface area contributed by atoms with E-state index in [9.17, 15) is 4.79 Å². The van der Waals surface area contributed by atoms with Gasteiger partial charge in [-0.3, -0.25) is 4.79 Å². The van der Waals surface area contributed by atoms with Crippen molar-refractivity contribution in [3.05, 3.63) is 34.3 Å². The van der Waals surface area contributed by atoms with E-state index in [1.807, 2.05) is 31.0 Å². The van der Waals surface area contributed by atoms with Gasteiger partial charge in [-0.25, -0.2) is 0 Å². The molecule has 3 nitrogen and oxygen atoms in total. The molecule has 1 amide bonds. The van der Waals surface area contributed by atoms with E-state index in [2.05, 4.69) is 5.32 Å². The number of benzene rings is 1. The van der Waals surface area contributed by atoms with Gasteiger partial charge in [0.05, 0.1) is 10.6 Å². The van der Waals surface area contributed by atoms with Gasteiger partial charge in [0.25, 0.3) is 5.91 Å². The van der Waals surface area contributed by atoms with Crippen molar-refractivity contribution in [3.8, 4) is 0 Å². The number of carbonyl (C=O) groups excluding carboxylic acids is 1. The van der Waals surface area contributed by atoms with Crippen molar-refractivity contribution in [2.45, 2.75) is 25.8 Å². The fourth-order valence-electron chi connectivity index (χ4n) is 2.36. The smallest absolute Gasteiger partial charge is 0.255 e. The topological polar surface area (TPSA) is 32.3 Å². The number of piperidine rings is 1. The molecule has 0 radical (unpaired) electrons. The summed E-state index contributed by atoms with van der Waals surface area (Å²) < 4.78 is 0. The maximum absolute atomic E-state index is 12.4. The molecular weight excluding hydrogens is 283 g/mol. The zero-order chi connectivity index (χ0) is 13.1. The summed E-state index contributed by atoms with van der Waals surface area (Å²) in [5.41, 5.74) is 1.55. The Morgan fingerprint density at radius 2 is 2.00 bits per heavy atom. The van der Waals surface area contributed by atoms with Crippen LogP contribution in [-0.2, 0) is 0 Å². The largest absolute Gasteiger partial charge is 0.339 e. The van der Waals surface area contributed by atoms with Crippen LogP contribution in [0, 0.1) is 6.92 Å². The molecule has 0 aromatic heterocycles. The van der Waals surface area contributed by atoms with Crippen LogP contribution in [0.15, 0.2) is 18.2 Å². The Kier molecular flexibility index (Phi) is 6.11. The molecule has 0 aliphatic carbocycles. The molecule has 1 saturated heterocycles. The lowest BCUT2D eigenvalue weighted by atomic mass is 10.0. The molecule has 1 aliphatic heterocycles. The molecule has 0 saturated carbocycles. The predicted octanol–water partition coefficient (Wildman–Crippen LogP) is 2.89. The van der Waals surface area contributed by atoms with Crippen molar-refractivity contribution in [2.75, 3.05) is 20.1 Å². The summed E-state index contributed by atoms with van der Waals surface area (Å²) in [7, 11) is 1.87. The minimum Gasteiger partial charge on any atom is -0.339 e. The van der Waals surface area contributed by atoms with Crippen LogP contribution in [-0.4, -0.2) is 37.0 Å². The Balaban J connectivity index is 0.00000180. The van der Waals surface area contributed by atoms with Crippen LogP contribution >= 0.6 is 24.0 Å². The molecule has 1 N–H and O–H groups in total. The summed E-state index contributed by atoms with van der Waals surface area (Å²) in [6, 6.07) is 5.92. The molecule has 1 aromatic carbocycles. The first-order valence-corrected chi connectivity index (χ1v) is 6.72. The van der Waals surface area contributed by atoms with E-state index in [4.69, 9.17) is 11.6 Å². The standard InChI is InChI=1S/C14H19ClN2O.ClH/c1-10-4-3-5-12(13(10)15)14(18)17(2)11-6-8-16-9-7-11;/h3-5,11,16H,6-9H2,1-2H3;1H. The Bertz CT molecular complexity index is 445. The summed E-state index contributed by atoms with van der Waals surface area (Å²) in [6.07, 6.45) is 2.01. The fraction of sp³-hybridized carbons (Fsp3) is 0.500. The van der Waals surface area contributed by atoms with Crippen LogP contribution < -0.4 is 5.32 Å². The first-order valence-electron chi connectivity index (χ1n) is 6.34. The first-order chi connectivity index (χ1) is 8.61. The molecular formula is C14H20Cl2N2O. The highest BCUT2D eigenvalue weighted by molar-refractivity contribution is 6.34. The van der Waals surface area contributed by atoms with Crippen LogP contribution in [0.2, 0.25) is 5.02 Å². The predicted molar refractivity (Wildman–Crippen MR) is 81.4 cm³/mol. The molecule has 5 heteroatoms. The Labute approximate surface area is 125 Å². The lowest BCUT2D eigenvalue weighted by Gasteiger charge is -2.32. The summed E-state index contributed by atoms with van der Waals surface area (Å²) in [4.78, 5) is 14.3. The molecule has 1 heterocycles. The lowest BCUT2D eigenvalue weighted by molar-refractivity contribution is 0.0703. The average Bonchev–Trinajstić information content (AvgIpc) is 2.41. The molecule has 1 aromatic rings. The van der Waals surface area contributed by atoms with E-state index in [-0.39, 0.29) is 18.3 Å². The molecule has 2 rings (SSSR count). The van der Waals surface area contributed by atoms with E-state index >= 15 is 0 Å². The third kappa shape index (κ3) is 3.62. The second-order valence-electron chi connectivity index (χ2n) is 4.83. The highest BCUT2D eigenvalue weighted by atomic mass is 35.5.